The van der Waals surface area contributed by atoms with Crippen LogP contribution in [0, 0.1) is 5.82 Å². The second-order valence-electron chi connectivity index (χ2n) is 3.22. The van der Waals surface area contributed by atoms with Gasteiger partial charge in [-0.25, -0.2) is 9.37 Å². The molecule has 4 heteroatoms. The van der Waals surface area contributed by atoms with Crippen molar-refractivity contribution in [3.63, 3.8) is 0 Å². The summed E-state index contributed by atoms with van der Waals surface area (Å²) >= 11 is 3.14. The number of rotatable bonds is 2. The maximum absolute atomic E-state index is 13.1. The molecule has 2 aromatic rings. The third-order valence-electron chi connectivity index (χ3n) is 2.06. The fraction of sp³-hybridized carbons (Fsp3) is 0.300. The van der Waals surface area contributed by atoms with Crippen molar-refractivity contribution in [3.8, 4) is 0 Å². The molecule has 1 N–H and O–H groups in total. The summed E-state index contributed by atoms with van der Waals surface area (Å²) in [6.45, 7) is 2.09. The summed E-state index contributed by atoms with van der Waals surface area (Å²) in [6.07, 6.45) is 1.93. The van der Waals surface area contributed by atoms with Gasteiger partial charge in [0.1, 0.15) is 11.6 Å². The molecule has 14 heavy (non-hydrogen) atoms. The smallest absolute Gasteiger partial charge is 0.139 e. The molecule has 0 aliphatic heterocycles. The van der Waals surface area contributed by atoms with Crippen molar-refractivity contribution < 1.29 is 4.39 Å². The van der Waals surface area contributed by atoms with Crippen LogP contribution in [0.3, 0.4) is 0 Å². The van der Waals surface area contributed by atoms with E-state index in [4.69, 9.17) is 0 Å². The number of aromatic amines is 1. The third kappa shape index (κ3) is 1.66. The second-order valence-corrected chi connectivity index (χ2v) is 4.07. The number of hydrogen-bond donors (Lipinski definition) is 1. The predicted molar refractivity (Wildman–Crippen MR) is 57.7 cm³/mol. The van der Waals surface area contributed by atoms with E-state index in [9.17, 15) is 4.39 Å². The first kappa shape index (κ1) is 9.65. The average Bonchev–Trinajstić information content (AvgIpc) is 2.48. The van der Waals surface area contributed by atoms with Crippen LogP contribution in [-0.4, -0.2) is 9.97 Å². The van der Waals surface area contributed by atoms with E-state index < -0.39 is 0 Å². The molecule has 0 saturated heterocycles. The van der Waals surface area contributed by atoms with E-state index in [0.717, 1.165) is 29.7 Å². The van der Waals surface area contributed by atoms with E-state index in [1.165, 1.54) is 6.07 Å². The molecular formula is C10H10BrFN2. The predicted octanol–water partition coefficient (Wildman–Crippen LogP) is 3.42. The van der Waals surface area contributed by atoms with E-state index in [0.29, 0.717) is 4.47 Å². The largest absolute Gasteiger partial charge is 0.342 e. The van der Waals surface area contributed by atoms with Crippen LogP contribution in [0.2, 0.25) is 0 Å². The molecule has 1 aromatic carbocycles. The minimum absolute atomic E-state index is 0.260. The van der Waals surface area contributed by atoms with Crippen molar-refractivity contribution in [3.05, 3.63) is 28.2 Å². The Balaban J connectivity index is 2.54. The first-order valence-corrected chi connectivity index (χ1v) is 5.33. The number of benzene rings is 1. The Kier molecular flexibility index (Phi) is 2.54. The quantitative estimate of drug-likeness (QED) is 0.877. The van der Waals surface area contributed by atoms with Crippen molar-refractivity contribution in [2.24, 2.45) is 0 Å². The fourth-order valence-electron chi connectivity index (χ4n) is 1.41. The number of fused-ring (bicyclic) bond motifs is 1. The molecule has 0 fully saturated rings. The van der Waals surface area contributed by atoms with Crippen molar-refractivity contribution in [2.75, 3.05) is 0 Å². The van der Waals surface area contributed by atoms with Gasteiger partial charge in [-0.15, -0.1) is 0 Å². The van der Waals surface area contributed by atoms with Gasteiger partial charge in [0.25, 0.3) is 0 Å². The highest BCUT2D eigenvalue weighted by molar-refractivity contribution is 9.10. The minimum atomic E-state index is -0.260. The van der Waals surface area contributed by atoms with Crippen molar-refractivity contribution >= 4 is 27.0 Å². The van der Waals surface area contributed by atoms with Crippen LogP contribution < -0.4 is 0 Å². The lowest BCUT2D eigenvalue weighted by Crippen LogP contribution is -1.83. The third-order valence-corrected chi connectivity index (χ3v) is 2.67. The van der Waals surface area contributed by atoms with Gasteiger partial charge in [-0.1, -0.05) is 6.92 Å². The average molecular weight is 257 g/mol. The van der Waals surface area contributed by atoms with Gasteiger partial charge in [-0.2, -0.15) is 0 Å². The zero-order valence-electron chi connectivity index (χ0n) is 7.77. The van der Waals surface area contributed by atoms with E-state index in [1.807, 2.05) is 0 Å². The molecule has 0 radical (unpaired) electrons. The number of aryl methyl sites for hydroxylation is 1. The van der Waals surface area contributed by atoms with Gasteiger partial charge in [-0.3, -0.25) is 0 Å². The number of nitrogens with one attached hydrogen (secondary N) is 1. The monoisotopic (exact) mass is 256 g/mol. The van der Waals surface area contributed by atoms with Gasteiger partial charge in [-0.05, 0) is 28.4 Å². The molecule has 0 atom stereocenters. The van der Waals surface area contributed by atoms with Crippen LogP contribution in [0.5, 0.6) is 0 Å². The highest BCUT2D eigenvalue weighted by Gasteiger charge is 2.06. The van der Waals surface area contributed by atoms with E-state index in [1.54, 1.807) is 6.07 Å². The second kappa shape index (κ2) is 3.69. The first-order chi connectivity index (χ1) is 6.70. The number of nitrogens with zero attached hydrogens (tertiary/aromatic N) is 1. The number of halogens is 2. The number of imidazole rings is 1. The summed E-state index contributed by atoms with van der Waals surface area (Å²) in [5.41, 5.74) is 1.57. The minimum Gasteiger partial charge on any atom is -0.342 e. The molecule has 0 saturated carbocycles. The van der Waals surface area contributed by atoms with Crippen molar-refractivity contribution in [1.82, 2.24) is 9.97 Å². The van der Waals surface area contributed by atoms with Crippen LogP contribution in [0.1, 0.15) is 19.2 Å². The highest BCUT2D eigenvalue weighted by Crippen LogP contribution is 2.21. The normalized spacial score (nSPS) is 11.1. The zero-order chi connectivity index (χ0) is 10.1. The van der Waals surface area contributed by atoms with Crippen LogP contribution in [-0.2, 0) is 6.42 Å². The maximum Gasteiger partial charge on any atom is 0.139 e. The van der Waals surface area contributed by atoms with Gasteiger partial charge in [0.05, 0.1) is 15.5 Å². The van der Waals surface area contributed by atoms with Crippen LogP contribution >= 0.6 is 15.9 Å². The number of hydrogen-bond acceptors (Lipinski definition) is 1. The summed E-state index contributed by atoms with van der Waals surface area (Å²) in [6, 6.07) is 3.16. The van der Waals surface area contributed by atoms with Crippen molar-refractivity contribution in [1.29, 1.82) is 0 Å². The summed E-state index contributed by atoms with van der Waals surface area (Å²) < 4.78 is 13.6. The molecule has 0 aliphatic rings. The molecule has 2 rings (SSSR count). The lowest BCUT2D eigenvalue weighted by Gasteiger charge is -1.92. The maximum atomic E-state index is 13.1. The summed E-state index contributed by atoms with van der Waals surface area (Å²) in [5, 5.41) is 0. The van der Waals surface area contributed by atoms with E-state index in [-0.39, 0.29) is 5.82 Å². The lowest BCUT2D eigenvalue weighted by atomic mass is 10.3. The van der Waals surface area contributed by atoms with Gasteiger partial charge >= 0.3 is 0 Å². The SMILES string of the molecule is CCCc1nc2cc(Br)c(F)cc2[nH]1. The van der Waals surface area contributed by atoms with Gasteiger partial charge in [0, 0.05) is 12.5 Å². The van der Waals surface area contributed by atoms with Gasteiger partial charge < -0.3 is 4.98 Å². The highest BCUT2D eigenvalue weighted by atomic mass is 79.9. The summed E-state index contributed by atoms with van der Waals surface area (Å²) in [4.78, 5) is 7.44. The Labute approximate surface area is 89.7 Å². The fourth-order valence-corrected chi connectivity index (χ4v) is 1.74. The van der Waals surface area contributed by atoms with Crippen LogP contribution in [0.4, 0.5) is 4.39 Å². The molecule has 0 unspecified atom stereocenters. The van der Waals surface area contributed by atoms with Crippen LogP contribution in [0.25, 0.3) is 11.0 Å². The summed E-state index contributed by atoms with van der Waals surface area (Å²) in [7, 11) is 0. The van der Waals surface area contributed by atoms with E-state index >= 15 is 0 Å². The molecule has 0 bridgehead atoms. The number of aromatic nitrogens is 2. The van der Waals surface area contributed by atoms with Gasteiger partial charge in [0.2, 0.25) is 0 Å². The Morgan fingerprint density at radius 2 is 2.29 bits per heavy atom. The molecule has 0 aliphatic carbocycles. The van der Waals surface area contributed by atoms with Crippen LogP contribution in [0.15, 0.2) is 16.6 Å². The lowest BCUT2D eigenvalue weighted by molar-refractivity contribution is 0.623. The standard InChI is InChI=1S/C10H10BrFN2/c1-2-3-10-13-8-4-6(11)7(12)5-9(8)14-10/h4-5H,2-3H2,1H3,(H,13,14). The molecule has 0 amide bonds. The molecule has 2 nitrogen and oxygen atoms in total. The molecule has 1 aromatic heterocycles. The Bertz CT molecular complexity index is 425. The Morgan fingerprint density at radius 3 is 3.00 bits per heavy atom. The molecular weight excluding hydrogens is 247 g/mol. The van der Waals surface area contributed by atoms with Gasteiger partial charge in [0.15, 0.2) is 0 Å². The first-order valence-electron chi connectivity index (χ1n) is 4.54. The van der Waals surface area contributed by atoms with E-state index in [2.05, 4.69) is 32.8 Å². The number of H-pyrrole nitrogens is 1. The molecule has 0 spiro atoms. The molecule has 1 heterocycles. The molecule has 74 valence electrons. The topological polar surface area (TPSA) is 28.7 Å². The Hall–Kier alpha value is -0.900. The van der Waals surface area contributed by atoms with Crippen molar-refractivity contribution in [2.45, 2.75) is 19.8 Å². The summed E-state index contributed by atoms with van der Waals surface area (Å²) in [5.74, 6) is 0.657. The zero-order valence-corrected chi connectivity index (χ0v) is 9.36. The Morgan fingerprint density at radius 1 is 1.50 bits per heavy atom.